The lowest BCUT2D eigenvalue weighted by Crippen LogP contribution is -2.36. The molecule has 1 unspecified atom stereocenters. The second-order valence-electron chi connectivity index (χ2n) is 4.13. The molecule has 18 heavy (non-hydrogen) atoms. The highest BCUT2D eigenvalue weighted by Crippen LogP contribution is 2.15. The molecule has 0 heterocycles. The van der Waals surface area contributed by atoms with Gasteiger partial charge in [-0.1, -0.05) is 16.8 Å². The third-order valence-corrected chi connectivity index (χ3v) is 2.69. The molecule has 0 spiro atoms. The first-order chi connectivity index (χ1) is 8.43. The van der Waals surface area contributed by atoms with E-state index in [2.05, 4.69) is 10.5 Å². The van der Waals surface area contributed by atoms with Crippen molar-refractivity contribution in [3.05, 3.63) is 34.3 Å². The van der Waals surface area contributed by atoms with Gasteiger partial charge in [0.2, 0.25) is 0 Å². The van der Waals surface area contributed by atoms with Crippen LogP contribution in [-0.2, 0) is 0 Å². The van der Waals surface area contributed by atoms with Crippen LogP contribution in [-0.4, -0.2) is 23.0 Å². The van der Waals surface area contributed by atoms with Crippen LogP contribution in [0.3, 0.4) is 0 Å². The van der Waals surface area contributed by atoms with Gasteiger partial charge in [0, 0.05) is 23.0 Å². The summed E-state index contributed by atoms with van der Waals surface area (Å²) in [6.45, 7) is 3.59. The van der Waals surface area contributed by atoms with E-state index in [0.717, 1.165) is 5.56 Å². The molecular formula is C12H16ClN3O2. The number of hydrogen-bond acceptors (Lipinski definition) is 3. The van der Waals surface area contributed by atoms with Crippen molar-refractivity contribution in [2.75, 3.05) is 0 Å². The number of nitrogens with two attached hydrogens (primary N) is 1. The van der Waals surface area contributed by atoms with Gasteiger partial charge in [0.25, 0.3) is 5.91 Å². The summed E-state index contributed by atoms with van der Waals surface area (Å²) in [6.07, 6.45) is 0.287. The summed E-state index contributed by atoms with van der Waals surface area (Å²) in [5.41, 5.74) is 6.73. The Labute approximate surface area is 111 Å². The Kier molecular flexibility index (Phi) is 4.97. The van der Waals surface area contributed by atoms with Gasteiger partial charge < -0.3 is 16.3 Å². The zero-order valence-corrected chi connectivity index (χ0v) is 11.0. The average Bonchev–Trinajstić information content (AvgIpc) is 2.28. The van der Waals surface area contributed by atoms with Crippen molar-refractivity contribution in [3.8, 4) is 0 Å². The third kappa shape index (κ3) is 3.92. The number of rotatable bonds is 4. The number of carbonyl (C=O) groups excluding carboxylic acids is 1. The summed E-state index contributed by atoms with van der Waals surface area (Å²) < 4.78 is 0. The SMILES string of the molecule is Cc1cc(Cl)ccc1C(=O)NC(C)C/C(N)=N/O. The van der Waals surface area contributed by atoms with Gasteiger partial charge in [-0.15, -0.1) is 0 Å². The molecule has 98 valence electrons. The first-order valence-corrected chi connectivity index (χ1v) is 5.85. The summed E-state index contributed by atoms with van der Waals surface area (Å²) >= 11 is 5.82. The van der Waals surface area contributed by atoms with E-state index in [-0.39, 0.29) is 24.2 Å². The highest BCUT2D eigenvalue weighted by atomic mass is 35.5. The Morgan fingerprint density at radius 3 is 2.83 bits per heavy atom. The van der Waals surface area contributed by atoms with Crippen molar-refractivity contribution in [3.63, 3.8) is 0 Å². The van der Waals surface area contributed by atoms with Crippen molar-refractivity contribution in [1.29, 1.82) is 0 Å². The number of aryl methyl sites for hydroxylation is 1. The predicted molar refractivity (Wildman–Crippen MR) is 71.1 cm³/mol. The Bertz CT molecular complexity index is 474. The van der Waals surface area contributed by atoms with E-state index in [0.29, 0.717) is 10.6 Å². The number of oxime groups is 1. The molecule has 0 aromatic heterocycles. The summed E-state index contributed by atoms with van der Waals surface area (Å²) in [6, 6.07) is 4.84. The van der Waals surface area contributed by atoms with Gasteiger partial charge in [0.15, 0.2) is 0 Å². The molecule has 0 aliphatic carbocycles. The molecule has 1 aromatic rings. The van der Waals surface area contributed by atoms with Crippen LogP contribution in [0.2, 0.25) is 5.02 Å². The van der Waals surface area contributed by atoms with Crippen LogP contribution in [0.4, 0.5) is 0 Å². The van der Waals surface area contributed by atoms with Gasteiger partial charge >= 0.3 is 0 Å². The Morgan fingerprint density at radius 2 is 2.28 bits per heavy atom. The summed E-state index contributed by atoms with van der Waals surface area (Å²) in [4.78, 5) is 12.0. The van der Waals surface area contributed by atoms with Gasteiger partial charge in [-0.2, -0.15) is 0 Å². The fraction of sp³-hybridized carbons (Fsp3) is 0.333. The molecule has 0 aliphatic heterocycles. The number of amides is 1. The van der Waals surface area contributed by atoms with Crippen LogP contribution in [0.15, 0.2) is 23.4 Å². The van der Waals surface area contributed by atoms with E-state index >= 15 is 0 Å². The van der Waals surface area contributed by atoms with Crippen LogP contribution < -0.4 is 11.1 Å². The average molecular weight is 270 g/mol. The monoisotopic (exact) mass is 269 g/mol. The smallest absolute Gasteiger partial charge is 0.251 e. The maximum atomic E-state index is 12.0. The molecule has 1 rings (SSSR count). The molecule has 0 aliphatic rings. The van der Waals surface area contributed by atoms with Crippen LogP contribution in [0.1, 0.15) is 29.3 Å². The van der Waals surface area contributed by atoms with Gasteiger partial charge in [0.05, 0.1) is 0 Å². The minimum absolute atomic E-state index is 0.0793. The van der Waals surface area contributed by atoms with E-state index in [9.17, 15) is 4.79 Å². The molecule has 6 heteroatoms. The molecule has 4 N–H and O–H groups in total. The summed E-state index contributed by atoms with van der Waals surface area (Å²) in [5, 5.41) is 14.7. The maximum Gasteiger partial charge on any atom is 0.251 e. The Morgan fingerprint density at radius 1 is 1.61 bits per heavy atom. The number of nitrogens with one attached hydrogen (secondary N) is 1. The highest BCUT2D eigenvalue weighted by Gasteiger charge is 2.13. The first-order valence-electron chi connectivity index (χ1n) is 5.47. The molecule has 0 saturated heterocycles. The minimum atomic E-state index is -0.219. The summed E-state index contributed by atoms with van der Waals surface area (Å²) in [7, 11) is 0. The first kappa shape index (κ1) is 14.3. The number of halogens is 1. The van der Waals surface area contributed by atoms with E-state index in [1.165, 1.54) is 0 Å². The third-order valence-electron chi connectivity index (χ3n) is 2.45. The van der Waals surface area contributed by atoms with E-state index in [1.54, 1.807) is 25.1 Å². The van der Waals surface area contributed by atoms with Gasteiger partial charge in [-0.25, -0.2) is 0 Å². The molecule has 1 amide bonds. The van der Waals surface area contributed by atoms with Crippen LogP contribution >= 0.6 is 11.6 Å². The van der Waals surface area contributed by atoms with Crippen molar-refractivity contribution in [1.82, 2.24) is 5.32 Å². The van der Waals surface area contributed by atoms with Gasteiger partial charge in [-0.3, -0.25) is 4.79 Å². The zero-order chi connectivity index (χ0) is 13.7. The van der Waals surface area contributed by atoms with Gasteiger partial charge in [0.1, 0.15) is 5.84 Å². The van der Waals surface area contributed by atoms with Crippen molar-refractivity contribution in [2.24, 2.45) is 10.9 Å². The van der Waals surface area contributed by atoms with Crippen LogP contribution in [0.25, 0.3) is 0 Å². The van der Waals surface area contributed by atoms with Crippen molar-refractivity contribution < 1.29 is 10.0 Å². The largest absolute Gasteiger partial charge is 0.409 e. The molecule has 0 bridgehead atoms. The standard InChI is InChI=1S/C12H16ClN3O2/c1-7-5-9(13)3-4-10(7)12(17)15-8(2)6-11(14)16-18/h3-5,8,18H,6H2,1-2H3,(H2,14,16)(H,15,17). The van der Waals surface area contributed by atoms with Crippen molar-refractivity contribution >= 4 is 23.3 Å². The molecule has 5 nitrogen and oxygen atoms in total. The number of benzene rings is 1. The van der Waals surface area contributed by atoms with E-state index in [1.807, 2.05) is 6.92 Å². The van der Waals surface area contributed by atoms with E-state index < -0.39 is 0 Å². The summed E-state index contributed by atoms with van der Waals surface area (Å²) in [5.74, 6) is -0.127. The lowest BCUT2D eigenvalue weighted by molar-refractivity contribution is 0.0940. The minimum Gasteiger partial charge on any atom is -0.409 e. The Hall–Kier alpha value is -1.75. The Balaban J connectivity index is 2.71. The lowest BCUT2D eigenvalue weighted by Gasteiger charge is -2.14. The molecule has 1 atom stereocenters. The van der Waals surface area contributed by atoms with Crippen LogP contribution in [0.5, 0.6) is 0 Å². The number of nitrogens with zero attached hydrogens (tertiary/aromatic N) is 1. The van der Waals surface area contributed by atoms with E-state index in [4.69, 9.17) is 22.5 Å². The highest BCUT2D eigenvalue weighted by molar-refractivity contribution is 6.30. The molecule has 0 saturated carbocycles. The fourth-order valence-electron chi connectivity index (χ4n) is 1.59. The zero-order valence-electron chi connectivity index (χ0n) is 10.3. The number of hydrogen-bond donors (Lipinski definition) is 3. The molecule has 0 radical (unpaired) electrons. The topological polar surface area (TPSA) is 87.7 Å². The quantitative estimate of drug-likeness (QED) is 0.338. The van der Waals surface area contributed by atoms with Gasteiger partial charge in [-0.05, 0) is 37.6 Å². The second kappa shape index (κ2) is 6.26. The molecular weight excluding hydrogens is 254 g/mol. The second-order valence-corrected chi connectivity index (χ2v) is 4.57. The predicted octanol–water partition coefficient (Wildman–Crippen LogP) is 1.90. The van der Waals surface area contributed by atoms with Crippen molar-refractivity contribution in [2.45, 2.75) is 26.3 Å². The maximum absolute atomic E-state index is 12.0. The molecule has 1 aromatic carbocycles. The fourth-order valence-corrected chi connectivity index (χ4v) is 1.82. The van der Waals surface area contributed by atoms with Crippen LogP contribution in [0, 0.1) is 6.92 Å². The normalized spacial score (nSPS) is 13.2. The lowest BCUT2D eigenvalue weighted by atomic mass is 10.1. The number of carbonyl (C=O) groups is 1. The molecule has 0 fully saturated rings. The number of amidine groups is 1.